The third-order valence-corrected chi connectivity index (χ3v) is 3.67. The normalized spacial score (nSPS) is 10.6. The van der Waals surface area contributed by atoms with Crippen LogP contribution in [0.15, 0.2) is 18.2 Å². The molecule has 0 aliphatic heterocycles. The van der Waals surface area contributed by atoms with E-state index in [2.05, 4.69) is 41.8 Å². The van der Waals surface area contributed by atoms with Crippen LogP contribution in [-0.4, -0.2) is 11.9 Å². The Morgan fingerprint density at radius 2 is 2.06 bits per heavy atom. The molecule has 0 fully saturated rings. The fourth-order valence-corrected chi connectivity index (χ4v) is 2.18. The molecule has 88 valence electrons. The van der Waals surface area contributed by atoms with Gasteiger partial charge in [-0.05, 0) is 53.6 Å². The Kier molecular flexibility index (Phi) is 5.55. The third kappa shape index (κ3) is 3.63. The number of nitrogens with one attached hydrogen (secondary N) is 1. The fourth-order valence-electron chi connectivity index (χ4n) is 1.43. The summed E-state index contributed by atoms with van der Waals surface area (Å²) in [5, 5.41) is 3.59. The summed E-state index contributed by atoms with van der Waals surface area (Å²) in [5.41, 5.74) is 0.653. The number of hydrogen-bond acceptors (Lipinski definition) is 1. The van der Waals surface area contributed by atoms with Crippen molar-refractivity contribution in [1.82, 2.24) is 5.32 Å². The standard InChI is InChI=1S/C12H15ClINO/c1-3-9(4-2)15-12(16)10-7-8(13)5-6-11(10)14/h5-7,9H,3-4H2,1-2H3,(H,15,16). The van der Waals surface area contributed by atoms with Crippen molar-refractivity contribution in [3.05, 3.63) is 32.4 Å². The van der Waals surface area contributed by atoms with Crippen molar-refractivity contribution in [3.8, 4) is 0 Å². The van der Waals surface area contributed by atoms with Crippen molar-refractivity contribution in [3.63, 3.8) is 0 Å². The molecule has 1 aromatic carbocycles. The number of rotatable bonds is 4. The lowest BCUT2D eigenvalue weighted by Crippen LogP contribution is -2.34. The highest BCUT2D eigenvalue weighted by atomic mass is 127. The lowest BCUT2D eigenvalue weighted by atomic mass is 10.1. The van der Waals surface area contributed by atoms with Crippen LogP contribution >= 0.6 is 34.2 Å². The van der Waals surface area contributed by atoms with Crippen molar-refractivity contribution >= 4 is 40.1 Å². The Labute approximate surface area is 115 Å². The fraction of sp³-hybridized carbons (Fsp3) is 0.417. The Hall–Kier alpha value is -0.290. The minimum atomic E-state index is -0.0411. The van der Waals surface area contributed by atoms with Crippen LogP contribution in [0.25, 0.3) is 0 Å². The number of halogens is 2. The van der Waals surface area contributed by atoms with Gasteiger partial charge in [-0.1, -0.05) is 25.4 Å². The predicted molar refractivity (Wildman–Crippen MR) is 76.0 cm³/mol. The molecule has 0 aliphatic carbocycles. The molecule has 1 N–H and O–H groups in total. The van der Waals surface area contributed by atoms with Crippen LogP contribution in [-0.2, 0) is 0 Å². The molecule has 0 heterocycles. The summed E-state index contributed by atoms with van der Waals surface area (Å²) in [5.74, 6) is -0.0411. The SMILES string of the molecule is CCC(CC)NC(=O)c1cc(Cl)ccc1I. The van der Waals surface area contributed by atoms with E-state index < -0.39 is 0 Å². The van der Waals surface area contributed by atoms with Gasteiger partial charge in [-0.25, -0.2) is 0 Å². The van der Waals surface area contributed by atoms with Crippen LogP contribution in [0.5, 0.6) is 0 Å². The first kappa shape index (κ1) is 13.8. The first-order valence-electron chi connectivity index (χ1n) is 5.34. The van der Waals surface area contributed by atoms with Crippen LogP contribution in [0.4, 0.5) is 0 Å². The van der Waals surface area contributed by atoms with Crippen molar-refractivity contribution in [1.29, 1.82) is 0 Å². The smallest absolute Gasteiger partial charge is 0.252 e. The molecule has 0 saturated carbocycles. The molecular weight excluding hydrogens is 336 g/mol. The highest BCUT2D eigenvalue weighted by Crippen LogP contribution is 2.18. The minimum absolute atomic E-state index is 0.0411. The van der Waals surface area contributed by atoms with Crippen molar-refractivity contribution < 1.29 is 4.79 Å². The van der Waals surface area contributed by atoms with E-state index >= 15 is 0 Å². The summed E-state index contributed by atoms with van der Waals surface area (Å²) in [4.78, 5) is 12.0. The molecule has 0 aromatic heterocycles. The maximum atomic E-state index is 12.0. The zero-order valence-electron chi connectivity index (χ0n) is 9.39. The number of carbonyl (C=O) groups is 1. The quantitative estimate of drug-likeness (QED) is 0.820. The second-order valence-electron chi connectivity index (χ2n) is 3.61. The molecule has 0 bridgehead atoms. The van der Waals surface area contributed by atoms with E-state index in [1.165, 1.54) is 0 Å². The summed E-state index contributed by atoms with van der Waals surface area (Å²) >= 11 is 8.03. The maximum Gasteiger partial charge on any atom is 0.252 e. The molecule has 4 heteroatoms. The zero-order valence-corrected chi connectivity index (χ0v) is 12.3. The summed E-state index contributed by atoms with van der Waals surface area (Å²) in [6.45, 7) is 4.13. The Balaban J connectivity index is 2.83. The van der Waals surface area contributed by atoms with Crippen LogP contribution in [0.3, 0.4) is 0 Å². The van der Waals surface area contributed by atoms with Gasteiger partial charge in [0.25, 0.3) is 5.91 Å². The highest BCUT2D eigenvalue weighted by molar-refractivity contribution is 14.1. The second kappa shape index (κ2) is 6.45. The van der Waals surface area contributed by atoms with Gasteiger partial charge in [0.05, 0.1) is 5.56 Å². The minimum Gasteiger partial charge on any atom is -0.349 e. The molecule has 0 saturated heterocycles. The van der Waals surface area contributed by atoms with Crippen molar-refractivity contribution in [2.75, 3.05) is 0 Å². The van der Waals surface area contributed by atoms with E-state index in [-0.39, 0.29) is 11.9 Å². The molecule has 0 atom stereocenters. The highest BCUT2D eigenvalue weighted by Gasteiger charge is 2.13. The Morgan fingerprint density at radius 1 is 1.44 bits per heavy atom. The monoisotopic (exact) mass is 351 g/mol. The van der Waals surface area contributed by atoms with Gasteiger partial charge < -0.3 is 5.32 Å². The first-order chi connectivity index (χ1) is 7.58. The topological polar surface area (TPSA) is 29.1 Å². The lowest BCUT2D eigenvalue weighted by Gasteiger charge is -2.15. The Bertz CT molecular complexity index is 377. The van der Waals surface area contributed by atoms with Gasteiger partial charge in [-0.3, -0.25) is 4.79 Å². The molecule has 1 rings (SSSR count). The van der Waals surface area contributed by atoms with Crippen LogP contribution in [0.1, 0.15) is 37.0 Å². The summed E-state index contributed by atoms with van der Waals surface area (Å²) in [6.07, 6.45) is 1.89. The van der Waals surface area contributed by atoms with E-state index in [0.29, 0.717) is 10.6 Å². The predicted octanol–water partition coefficient (Wildman–Crippen LogP) is 3.86. The summed E-state index contributed by atoms with van der Waals surface area (Å²) in [6, 6.07) is 5.59. The number of amides is 1. The van der Waals surface area contributed by atoms with E-state index in [9.17, 15) is 4.79 Å². The van der Waals surface area contributed by atoms with Crippen LogP contribution < -0.4 is 5.32 Å². The van der Waals surface area contributed by atoms with Gasteiger partial charge in [0, 0.05) is 14.6 Å². The van der Waals surface area contributed by atoms with Gasteiger partial charge >= 0.3 is 0 Å². The van der Waals surface area contributed by atoms with Gasteiger partial charge in [0.15, 0.2) is 0 Å². The molecule has 0 aliphatic rings. The molecular formula is C12H15ClINO. The van der Waals surface area contributed by atoms with Gasteiger partial charge in [0.2, 0.25) is 0 Å². The van der Waals surface area contributed by atoms with E-state index in [1.807, 2.05) is 6.07 Å². The first-order valence-corrected chi connectivity index (χ1v) is 6.80. The number of benzene rings is 1. The summed E-state index contributed by atoms with van der Waals surface area (Å²) in [7, 11) is 0. The third-order valence-electron chi connectivity index (χ3n) is 2.49. The molecule has 0 unspecified atom stereocenters. The average Bonchev–Trinajstić information content (AvgIpc) is 2.28. The average molecular weight is 352 g/mol. The zero-order chi connectivity index (χ0) is 12.1. The molecule has 2 nitrogen and oxygen atoms in total. The maximum absolute atomic E-state index is 12.0. The van der Waals surface area contributed by atoms with E-state index in [4.69, 9.17) is 11.6 Å². The number of hydrogen-bond donors (Lipinski definition) is 1. The van der Waals surface area contributed by atoms with E-state index in [0.717, 1.165) is 16.4 Å². The molecule has 16 heavy (non-hydrogen) atoms. The van der Waals surface area contributed by atoms with Gasteiger partial charge in [0.1, 0.15) is 0 Å². The summed E-state index contributed by atoms with van der Waals surface area (Å²) < 4.78 is 0.922. The molecule has 0 radical (unpaired) electrons. The van der Waals surface area contributed by atoms with Crippen molar-refractivity contribution in [2.24, 2.45) is 0 Å². The van der Waals surface area contributed by atoms with E-state index in [1.54, 1.807) is 12.1 Å². The van der Waals surface area contributed by atoms with Crippen LogP contribution in [0, 0.1) is 3.57 Å². The molecule has 0 spiro atoms. The Morgan fingerprint density at radius 3 is 2.62 bits per heavy atom. The van der Waals surface area contributed by atoms with Gasteiger partial charge in [-0.2, -0.15) is 0 Å². The van der Waals surface area contributed by atoms with Crippen LogP contribution in [0.2, 0.25) is 5.02 Å². The van der Waals surface area contributed by atoms with Gasteiger partial charge in [-0.15, -0.1) is 0 Å². The largest absolute Gasteiger partial charge is 0.349 e. The molecule has 1 amide bonds. The van der Waals surface area contributed by atoms with Crippen molar-refractivity contribution in [2.45, 2.75) is 32.7 Å². The number of carbonyl (C=O) groups excluding carboxylic acids is 1. The second-order valence-corrected chi connectivity index (χ2v) is 5.21. The lowest BCUT2D eigenvalue weighted by molar-refractivity contribution is 0.0934. The molecule has 1 aromatic rings.